The van der Waals surface area contributed by atoms with Crippen molar-refractivity contribution in [1.82, 2.24) is 0 Å². The zero-order chi connectivity index (χ0) is 75.1. The SMILES string of the molecule is c1ccc(N(c2ccccc2)c2cc3c4c(c2)N(c2ccccc2)c2cc5c(cc2B4c2ccccc2O3)B2c3ccccc3N3c4cc6c(cc4B4c7ccccc7N(c7ccccc7)c7cc(c2c3c74)N5c2ccccc2)B2c3ccccc3Oc3cc(N(c4ccccc4)c4ccccc4)cc(c32)N6c2ccccc2)cc1. The van der Waals surface area contributed by atoms with E-state index in [1.54, 1.807) is 0 Å². The van der Waals surface area contributed by atoms with Gasteiger partial charge in [0.05, 0.1) is 11.4 Å². The van der Waals surface area contributed by atoms with Gasteiger partial charge in [0, 0.05) is 120 Å². The van der Waals surface area contributed by atoms with Crippen LogP contribution in [0, 0.1) is 0 Å². The van der Waals surface area contributed by atoms with Crippen LogP contribution in [-0.2, 0) is 0 Å². The van der Waals surface area contributed by atoms with Gasteiger partial charge < -0.3 is 43.8 Å². The summed E-state index contributed by atoms with van der Waals surface area (Å²) in [6.45, 7) is -0.908. The van der Waals surface area contributed by atoms with Crippen molar-refractivity contribution in [2.75, 3.05) is 34.3 Å². The fraction of sp³-hybridized carbons (Fsp3) is 0. The van der Waals surface area contributed by atoms with Gasteiger partial charge >= 0.3 is 0 Å². The molecule has 8 heterocycles. The number of nitrogens with zero attached hydrogens (tertiary/aromatic N) is 7. The van der Waals surface area contributed by atoms with E-state index < -0.39 is 0 Å². The van der Waals surface area contributed by atoms with Crippen LogP contribution in [0.3, 0.4) is 0 Å². The molecule has 0 fully saturated rings. The summed E-state index contributed by atoms with van der Waals surface area (Å²) in [6.07, 6.45) is 0. The molecule has 115 heavy (non-hydrogen) atoms. The smallest absolute Gasteiger partial charge is 0.256 e. The molecule has 0 aliphatic carbocycles. The summed E-state index contributed by atoms with van der Waals surface area (Å²) in [7, 11) is 0. The Morgan fingerprint density at radius 3 is 0.791 bits per heavy atom. The first-order chi connectivity index (χ1) is 57.1. The van der Waals surface area contributed by atoms with E-state index in [0.29, 0.717) is 0 Å². The zero-order valence-corrected chi connectivity index (χ0v) is 62.3. The lowest BCUT2D eigenvalue weighted by Gasteiger charge is -2.52. The molecule has 0 saturated heterocycles. The van der Waals surface area contributed by atoms with E-state index in [1.165, 1.54) is 49.4 Å². The van der Waals surface area contributed by atoms with Gasteiger partial charge in [0.1, 0.15) is 23.0 Å². The van der Waals surface area contributed by atoms with Crippen LogP contribution in [0.5, 0.6) is 23.0 Å². The molecule has 0 aromatic heterocycles. The monoisotopic (exact) mass is 1460 g/mol. The molecule has 9 nitrogen and oxygen atoms in total. The molecular formula is C102H65B4N7O2. The van der Waals surface area contributed by atoms with E-state index in [9.17, 15) is 0 Å². The molecule has 0 N–H and O–H groups in total. The molecular weight excluding hydrogens is 1400 g/mol. The minimum Gasteiger partial charge on any atom is -0.458 e. The summed E-state index contributed by atoms with van der Waals surface area (Å²) in [6, 6.07) is 146. The summed E-state index contributed by atoms with van der Waals surface area (Å²) in [5.74, 6) is 3.37. The summed E-state index contributed by atoms with van der Waals surface area (Å²) < 4.78 is 14.8. The average molecular weight is 1460 g/mol. The largest absolute Gasteiger partial charge is 0.458 e. The first-order valence-corrected chi connectivity index (χ1v) is 39.8. The molecule has 25 rings (SSSR count). The molecule has 8 aliphatic rings. The van der Waals surface area contributed by atoms with Gasteiger partial charge in [-0.1, -0.05) is 231 Å². The van der Waals surface area contributed by atoms with Gasteiger partial charge in [-0.2, -0.15) is 0 Å². The highest BCUT2D eigenvalue weighted by Gasteiger charge is 2.55. The van der Waals surface area contributed by atoms with E-state index in [4.69, 9.17) is 9.47 Å². The lowest BCUT2D eigenvalue weighted by Crippen LogP contribution is -2.70. The molecule has 13 heteroatoms. The highest BCUT2D eigenvalue weighted by atomic mass is 16.5. The summed E-state index contributed by atoms with van der Waals surface area (Å²) in [4.78, 5) is 17.7. The standard InChI is InChI=1S/C102H65B4N7O2/c1-9-33-66(34-10-1)107(67-35-11-2-12-36-67)74-57-90-98-96(59-74)114-94-55-31-27-51-78(94)105(98)81-61-80-86(63-87(81)110(90)71-43-19-6-20-44-71)112(73-47-23-8-24-48-73)93-65-92-100-102-101(93)104(80)77-50-26-30-54-85(77)113(102)89-64-88-82(62-83(89)103(100)76-49-25-29-53-84(76)109(92)70-41-17-5-18-42-70)106-79-52-28-32-56-95(79)115-97-60-75(58-91(99(97)106)111(88)72-45-21-7-22-46-72)108(68-37-13-3-14-38-68)69-39-15-4-16-40-69/h1-65H. The van der Waals surface area contributed by atoms with Crippen molar-refractivity contribution in [2.24, 2.45) is 0 Å². The van der Waals surface area contributed by atoms with Crippen molar-refractivity contribution in [3.63, 3.8) is 0 Å². The number of rotatable bonds is 10. The van der Waals surface area contributed by atoms with Crippen molar-refractivity contribution in [2.45, 2.75) is 0 Å². The Kier molecular flexibility index (Phi) is 13.8. The molecule has 0 bridgehead atoms. The Morgan fingerprint density at radius 2 is 0.435 bits per heavy atom. The van der Waals surface area contributed by atoms with Gasteiger partial charge in [-0.05, 0) is 217 Å². The third kappa shape index (κ3) is 9.31. The number of benzene rings is 17. The molecule has 17 aromatic rings. The molecule has 0 spiro atoms. The Bertz CT molecular complexity index is 6800. The minimum atomic E-state index is -0.251. The van der Waals surface area contributed by atoms with Gasteiger partial charge in [0.15, 0.2) is 0 Å². The van der Waals surface area contributed by atoms with Crippen molar-refractivity contribution in [3.8, 4) is 23.0 Å². The van der Waals surface area contributed by atoms with Gasteiger partial charge in [-0.15, -0.1) is 0 Å². The number of ether oxygens (including phenoxy) is 2. The van der Waals surface area contributed by atoms with Crippen LogP contribution in [-0.4, -0.2) is 26.9 Å². The van der Waals surface area contributed by atoms with Gasteiger partial charge in [0.2, 0.25) is 0 Å². The van der Waals surface area contributed by atoms with Gasteiger partial charge in [-0.3, -0.25) is 0 Å². The van der Waals surface area contributed by atoms with E-state index in [-0.39, 0.29) is 26.9 Å². The van der Waals surface area contributed by atoms with E-state index >= 15 is 0 Å². The van der Waals surface area contributed by atoms with E-state index in [0.717, 1.165) is 159 Å². The minimum absolute atomic E-state index is 0.209. The average Bonchev–Trinajstić information content (AvgIpc) is 0.661. The van der Waals surface area contributed by atoms with Crippen molar-refractivity contribution in [3.05, 3.63) is 394 Å². The lowest BCUT2D eigenvalue weighted by molar-refractivity contribution is 0.487. The topological polar surface area (TPSA) is 41.1 Å². The molecule has 8 aliphatic heterocycles. The zero-order valence-electron chi connectivity index (χ0n) is 62.3. The molecule has 0 saturated carbocycles. The summed E-state index contributed by atoms with van der Waals surface area (Å²) >= 11 is 0. The second kappa shape index (κ2) is 24.9. The fourth-order valence-electron chi connectivity index (χ4n) is 20.5. The van der Waals surface area contributed by atoms with Crippen LogP contribution in [0.25, 0.3) is 0 Å². The fourth-order valence-corrected chi connectivity index (χ4v) is 20.5. The van der Waals surface area contributed by atoms with Crippen molar-refractivity contribution in [1.29, 1.82) is 0 Å². The third-order valence-electron chi connectivity index (χ3n) is 25.0. The predicted molar refractivity (Wildman–Crippen MR) is 481 cm³/mol. The Labute approximate surface area is 668 Å². The van der Waals surface area contributed by atoms with Crippen LogP contribution < -0.4 is 109 Å². The maximum Gasteiger partial charge on any atom is 0.256 e. The van der Waals surface area contributed by atoms with Crippen LogP contribution in [0.15, 0.2) is 394 Å². The Balaban J connectivity index is 0.776. The van der Waals surface area contributed by atoms with Crippen LogP contribution >= 0.6 is 0 Å². The highest BCUT2D eigenvalue weighted by molar-refractivity contribution is 7.06. The van der Waals surface area contributed by atoms with Gasteiger partial charge in [0.25, 0.3) is 26.9 Å². The second-order valence-electron chi connectivity index (χ2n) is 30.9. The quantitative estimate of drug-likeness (QED) is 0.125. The lowest BCUT2D eigenvalue weighted by atomic mass is 9.27. The first-order valence-electron chi connectivity index (χ1n) is 39.8. The second-order valence-corrected chi connectivity index (χ2v) is 30.9. The van der Waals surface area contributed by atoms with E-state index in [2.05, 4.69) is 429 Å². The first kappa shape index (κ1) is 63.9. The van der Waals surface area contributed by atoms with Gasteiger partial charge in [-0.25, -0.2) is 0 Å². The molecule has 0 amide bonds. The molecule has 0 radical (unpaired) electrons. The molecule has 532 valence electrons. The molecule has 0 unspecified atom stereocenters. The summed E-state index contributed by atoms with van der Waals surface area (Å²) in [5, 5.41) is 0. The third-order valence-corrected chi connectivity index (χ3v) is 25.0. The number of anilines is 21. The molecule has 0 atom stereocenters. The normalized spacial score (nSPS) is 13.7. The summed E-state index contributed by atoms with van der Waals surface area (Å²) in [5.41, 5.74) is 37.3. The van der Waals surface area contributed by atoms with Crippen molar-refractivity contribution < 1.29 is 9.47 Å². The molecule has 17 aromatic carbocycles. The van der Waals surface area contributed by atoms with Crippen LogP contribution in [0.2, 0.25) is 0 Å². The maximum absolute atomic E-state index is 7.40. The number of fused-ring (bicyclic) bond motifs is 18. The Morgan fingerprint density at radius 1 is 0.174 bits per heavy atom. The van der Waals surface area contributed by atoms with E-state index in [1.807, 2.05) is 0 Å². The highest BCUT2D eigenvalue weighted by Crippen LogP contribution is 2.55. The Hall–Kier alpha value is -14.8. The number of hydrogen-bond acceptors (Lipinski definition) is 9. The maximum atomic E-state index is 7.40. The predicted octanol–water partition coefficient (Wildman–Crippen LogP) is 18.1. The van der Waals surface area contributed by atoms with Crippen LogP contribution in [0.1, 0.15) is 0 Å². The number of hydrogen-bond donors (Lipinski definition) is 0. The number of para-hydroxylation sites is 12. The van der Waals surface area contributed by atoms with Crippen molar-refractivity contribution >= 4 is 212 Å². The van der Waals surface area contributed by atoms with Crippen LogP contribution in [0.4, 0.5) is 119 Å².